The van der Waals surface area contributed by atoms with Gasteiger partial charge in [0.05, 0.1) is 6.07 Å². The first-order valence-corrected chi connectivity index (χ1v) is 6.77. The van der Waals surface area contributed by atoms with E-state index < -0.39 is 5.92 Å². The molecule has 0 aliphatic heterocycles. The molecular formula is C17H17N3O. The van der Waals surface area contributed by atoms with Crippen molar-refractivity contribution in [1.29, 1.82) is 5.26 Å². The summed E-state index contributed by atoms with van der Waals surface area (Å²) in [5.41, 5.74) is 3.73. The van der Waals surface area contributed by atoms with Crippen LogP contribution in [0.3, 0.4) is 0 Å². The first-order valence-electron chi connectivity index (χ1n) is 6.77. The fourth-order valence-corrected chi connectivity index (χ4v) is 2.04. The summed E-state index contributed by atoms with van der Waals surface area (Å²) >= 11 is 0. The minimum Gasteiger partial charge on any atom is -0.325 e. The van der Waals surface area contributed by atoms with Gasteiger partial charge in [-0.1, -0.05) is 12.1 Å². The van der Waals surface area contributed by atoms with E-state index in [2.05, 4.69) is 16.4 Å². The lowest BCUT2D eigenvalue weighted by Crippen LogP contribution is -2.23. The second-order valence-electron chi connectivity index (χ2n) is 5.05. The Kier molecular flexibility index (Phi) is 4.68. The number of nitriles is 1. The molecule has 0 aliphatic carbocycles. The highest BCUT2D eigenvalue weighted by Crippen LogP contribution is 2.18. The lowest BCUT2D eigenvalue weighted by molar-refractivity contribution is -0.118. The summed E-state index contributed by atoms with van der Waals surface area (Å²) in [7, 11) is 0. The topological polar surface area (TPSA) is 65.8 Å². The maximum atomic E-state index is 12.3. The number of nitrogens with one attached hydrogen (secondary N) is 1. The number of hydrogen-bond acceptors (Lipinski definition) is 3. The van der Waals surface area contributed by atoms with E-state index in [1.807, 2.05) is 44.2 Å². The molecule has 0 bridgehead atoms. The van der Waals surface area contributed by atoms with E-state index in [4.69, 9.17) is 0 Å². The van der Waals surface area contributed by atoms with Gasteiger partial charge in [0.1, 0.15) is 5.92 Å². The lowest BCUT2D eigenvalue weighted by Gasteiger charge is -2.12. The van der Waals surface area contributed by atoms with E-state index in [0.29, 0.717) is 6.42 Å². The van der Waals surface area contributed by atoms with Crippen molar-refractivity contribution in [2.45, 2.75) is 20.3 Å². The van der Waals surface area contributed by atoms with Crippen LogP contribution in [-0.2, 0) is 11.2 Å². The van der Waals surface area contributed by atoms with Crippen LogP contribution in [0.2, 0.25) is 0 Å². The minimum absolute atomic E-state index is 0.275. The first-order chi connectivity index (χ1) is 10.1. The van der Waals surface area contributed by atoms with Crippen molar-refractivity contribution in [3.8, 4) is 6.07 Å². The zero-order chi connectivity index (χ0) is 15.2. The molecule has 0 aliphatic rings. The van der Waals surface area contributed by atoms with E-state index in [-0.39, 0.29) is 5.91 Å². The van der Waals surface area contributed by atoms with Gasteiger partial charge in [-0.3, -0.25) is 9.78 Å². The fourth-order valence-electron chi connectivity index (χ4n) is 2.04. The quantitative estimate of drug-likeness (QED) is 0.935. The normalized spacial score (nSPS) is 11.5. The number of carbonyl (C=O) groups is 1. The third kappa shape index (κ3) is 3.90. The van der Waals surface area contributed by atoms with Gasteiger partial charge in [0.2, 0.25) is 5.91 Å². The molecule has 21 heavy (non-hydrogen) atoms. The zero-order valence-electron chi connectivity index (χ0n) is 12.1. The number of pyridine rings is 1. The van der Waals surface area contributed by atoms with Gasteiger partial charge in [-0.05, 0) is 55.2 Å². The van der Waals surface area contributed by atoms with Crippen LogP contribution in [0.25, 0.3) is 0 Å². The number of carbonyl (C=O) groups excluding carboxylic acids is 1. The number of anilines is 1. The van der Waals surface area contributed by atoms with Crippen LogP contribution < -0.4 is 5.32 Å². The van der Waals surface area contributed by atoms with E-state index in [0.717, 1.165) is 22.4 Å². The molecule has 0 spiro atoms. The van der Waals surface area contributed by atoms with Crippen LogP contribution in [0.1, 0.15) is 16.7 Å². The van der Waals surface area contributed by atoms with Crippen molar-refractivity contribution in [3.63, 3.8) is 0 Å². The third-order valence-corrected chi connectivity index (χ3v) is 3.31. The predicted octanol–water partition coefficient (Wildman–Crippen LogP) is 3.02. The van der Waals surface area contributed by atoms with Crippen LogP contribution >= 0.6 is 0 Å². The van der Waals surface area contributed by atoms with Gasteiger partial charge in [-0.2, -0.15) is 5.26 Å². The molecule has 1 heterocycles. The number of rotatable bonds is 4. The zero-order valence-corrected chi connectivity index (χ0v) is 12.1. The molecule has 2 rings (SSSR count). The van der Waals surface area contributed by atoms with Gasteiger partial charge < -0.3 is 5.32 Å². The van der Waals surface area contributed by atoms with E-state index in [9.17, 15) is 10.1 Å². The van der Waals surface area contributed by atoms with Crippen LogP contribution in [0, 0.1) is 31.1 Å². The molecule has 1 aromatic heterocycles. The van der Waals surface area contributed by atoms with Crippen molar-refractivity contribution in [2.75, 3.05) is 5.32 Å². The Morgan fingerprint density at radius 2 is 2.00 bits per heavy atom. The largest absolute Gasteiger partial charge is 0.325 e. The second kappa shape index (κ2) is 6.67. The molecule has 106 valence electrons. The molecule has 1 amide bonds. The number of aromatic nitrogens is 1. The van der Waals surface area contributed by atoms with Crippen molar-refractivity contribution >= 4 is 11.6 Å². The predicted molar refractivity (Wildman–Crippen MR) is 81.6 cm³/mol. The average Bonchev–Trinajstić information content (AvgIpc) is 2.49. The van der Waals surface area contributed by atoms with E-state index in [1.54, 1.807) is 12.4 Å². The number of hydrogen-bond donors (Lipinski definition) is 1. The SMILES string of the molecule is Cc1ccc(C)c(NC(=O)[C@H](C#N)Cc2ccncc2)c1. The summed E-state index contributed by atoms with van der Waals surface area (Å²) in [5.74, 6) is -0.990. The second-order valence-corrected chi connectivity index (χ2v) is 5.05. The highest BCUT2D eigenvalue weighted by Gasteiger charge is 2.19. The van der Waals surface area contributed by atoms with E-state index >= 15 is 0 Å². The van der Waals surface area contributed by atoms with Crippen LogP contribution in [0.15, 0.2) is 42.7 Å². The Morgan fingerprint density at radius 1 is 1.29 bits per heavy atom. The number of amides is 1. The maximum absolute atomic E-state index is 12.3. The lowest BCUT2D eigenvalue weighted by atomic mass is 10.0. The Hall–Kier alpha value is -2.67. The number of aryl methyl sites for hydroxylation is 2. The Balaban J connectivity index is 2.10. The summed E-state index contributed by atoms with van der Waals surface area (Å²) in [6.07, 6.45) is 3.70. The highest BCUT2D eigenvalue weighted by atomic mass is 16.1. The Labute approximate surface area is 124 Å². The molecule has 0 fully saturated rings. The molecule has 1 N–H and O–H groups in total. The standard InChI is InChI=1S/C17H17N3O/c1-12-3-4-13(2)16(9-12)20-17(21)15(11-18)10-14-5-7-19-8-6-14/h3-9,15H,10H2,1-2H3,(H,20,21)/t15-/m0/s1. The summed E-state index contributed by atoms with van der Waals surface area (Å²) in [5, 5.41) is 12.1. The molecule has 1 atom stereocenters. The van der Waals surface area contributed by atoms with Crippen LogP contribution in [0.5, 0.6) is 0 Å². The smallest absolute Gasteiger partial charge is 0.242 e. The van der Waals surface area contributed by atoms with Crippen molar-refractivity contribution in [2.24, 2.45) is 5.92 Å². The average molecular weight is 279 g/mol. The monoisotopic (exact) mass is 279 g/mol. The van der Waals surface area contributed by atoms with Gasteiger partial charge in [0.15, 0.2) is 0 Å². The molecule has 1 aromatic carbocycles. The van der Waals surface area contributed by atoms with Crippen LogP contribution in [0.4, 0.5) is 5.69 Å². The Morgan fingerprint density at radius 3 is 2.67 bits per heavy atom. The maximum Gasteiger partial charge on any atom is 0.242 e. The van der Waals surface area contributed by atoms with Gasteiger partial charge in [0.25, 0.3) is 0 Å². The van der Waals surface area contributed by atoms with Gasteiger partial charge >= 0.3 is 0 Å². The van der Waals surface area contributed by atoms with Crippen molar-refractivity contribution in [3.05, 3.63) is 59.4 Å². The van der Waals surface area contributed by atoms with Gasteiger partial charge in [0, 0.05) is 18.1 Å². The summed E-state index contributed by atoms with van der Waals surface area (Å²) in [6, 6.07) is 11.6. The van der Waals surface area contributed by atoms with Crippen molar-refractivity contribution in [1.82, 2.24) is 4.98 Å². The fraction of sp³-hybridized carbons (Fsp3) is 0.235. The van der Waals surface area contributed by atoms with Crippen molar-refractivity contribution < 1.29 is 4.79 Å². The molecule has 4 nitrogen and oxygen atoms in total. The van der Waals surface area contributed by atoms with Gasteiger partial charge in [-0.15, -0.1) is 0 Å². The molecular weight excluding hydrogens is 262 g/mol. The summed E-state index contributed by atoms with van der Waals surface area (Å²) in [6.45, 7) is 3.90. The Bertz CT molecular complexity index is 674. The third-order valence-electron chi connectivity index (χ3n) is 3.31. The minimum atomic E-state index is -0.715. The van der Waals surface area contributed by atoms with E-state index in [1.165, 1.54) is 0 Å². The van der Waals surface area contributed by atoms with Crippen LogP contribution in [-0.4, -0.2) is 10.9 Å². The molecule has 2 aromatic rings. The summed E-state index contributed by atoms with van der Waals surface area (Å²) < 4.78 is 0. The first kappa shape index (κ1) is 14.7. The highest BCUT2D eigenvalue weighted by molar-refractivity contribution is 5.95. The molecule has 4 heteroatoms. The summed E-state index contributed by atoms with van der Waals surface area (Å²) in [4.78, 5) is 16.2. The number of benzene rings is 1. The number of nitrogens with zero attached hydrogens (tertiary/aromatic N) is 2. The molecule has 0 unspecified atom stereocenters. The molecule has 0 saturated heterocycles. The molecule has 0 saturated carbocycles. The van der Waals surface area contributed by atoms with Gasteiger partial charge in [-0.25, -0.2) is 0 Å². The molecule has 0 radical (unpaired) electrons.